The van der Waals surface area contributed by atoms with Gasteiger partial charge in [-0.25, -0.2) is 0 Å². The van der Waals surface area contributed by atoms with Crippen LogP contribution in [0.2, 0.25) is 0 Å². The minimum absolute atomic E-state index is 0.0899. The van der Waals surface area contributed by atoms with Crippen molar-refractivity contribution in [3.8, 4) is 0 Å². The quantitative estimate of drug-likeness (QED) is 0.0262. The Labute approximate surface area is 421 Å². The number of ether oxygens (including phenoxy) is 3. The van der Waals surface area contributed by atoms with Gasteiger partial charge < -0.3 is 14.2 Å². The molecule has 0 spiro atoms. The van der Waals surface area contributed by atoms with E-state index in [1.54, 1.807) is 0 Å². The monoisotopic (exact) mass is 949 g/mol. The molecule has 0 aromatic rings. The lowest BCUT2D eigenvalue weighted by molar-refractivity contribution is -0.167. The van der Waals surface area contributed by atoms with Crippen LogP contribution in [0.1, 0.15) is 284 Å². The van der Waals surface area contributed by atoms with Gasteiger partial charge in [0.05, 0.1) is 0 Å². The molecule has 0 aromatic carbocycles. The van der Waals surface area contributed by atoms with E-state index >= 15 is 0 Å². The number of carbonyl (C=O) groups is 3. The van der Waals surface area contributed by atoms with Gasteiger partial charge in [0.15, 0.2) is 6.10 Å². The van der Waals surface area contributed by atoms with E-state index in [-0.39, 0.29) is 37.5 Å². The predicted molar refractivity (Wildman–Crippen MR) is 293 cm³/mol. The number of rotatable bonds is 52. The van der Waals surface area contributed by atoms with Crippen LogP contribution in [-0.4, -0.2) is 37.2 Å². The summed E-state index contributed by atoms with van der Waals surface area (Å²) in [5, 5.41) is 0. The zero-order valence-corrected chi connectivity index (χ0v) is 44.9. The maximum absolute atomic E-state index is 12.8. The minimum Gasteiger partial charge on any atom is -0.462 e. The van der Waals surface area contributed by atoms with E-state index in [4.69, 9.17) is 14.2 Å². The number of allylic oxidation sites excluding steroid dienone is 12. The average Bonchev–Trinajstić information content (AvgIpc) is 3.34. The van der Waals surface area contributed by atoms with Gasteiger partial charge >= 0.3 is 17.9 Å². The molecule has 0 aromatic heterocycles. The topological polar surface area (TPSA) is 78.9 Å². The van der Waals surface area contributed by atoms with Crippen molar-refractivity contribution in [2.75, 3.05) is 13.2 Å². The maximum Gasteiger partial charge on any atom is 0.306 e. The first-order valence-corrected chi connectivity index (χ1v) is 29.0. The van der Waals surface area contributed by atoms with Gasteiger partial charge in [0, 0.05) is 19.3 Å². The van der Waals surface area contributed by atoms with Crippen molar-refractivity contribution in [2.24, 2.45) is 0 Å². The van der Waals surface area contributed by atoms with E-state index in [1.807, 2.05) is 60.8 Å². The minimum atomic E-state index is -0.796. The molecule has 68 heavy (non-hydrogen) atoms. The first-order valence-electron chi connectivity index (χ1n) is 29.0. The van der Waals surface area contributed by atoms with Crippen LogP contribution >= 0.6 is 0 Å². The molecule has 6 heteroatoms. The van der Waals surface area contributed by atoms with Crippen LogP contribution in [-0.2, 0) is 28.6 Å². The van der Waals surface area contributed by atoms with Crippen LogP contribution in [0.15, 0.2) is 72.9 Å². The molecule has 0 saturated heterocycles. The van der Waals surface area contributed by atoms with Gasteiger partial charge in [-0.2, -0.15) is 0 Å². The average molecular weight is 950 g/mol. The largest absolute Gasteiger partial charge is 0.462 e. The molecular formula is C62H108O6. The number of unbranched alkanes of at least 4 members (excludes halogenated alkanes) is 34. The fourth-order valence-corrected chi connectivity index (χ4v) is 8.30. The van der Waals surface area contributed by atoms with Crippen molar-refractivity contribution in [3.63, 3.8) is 0 Å². The number of esters is 3. The molecule has 6 nitrogen and oxygen atoms in total. The molecule has 0 fully saturated rings. The SMILES string of the molecule is CC\C=C/C=C\C=C/C=C\C=C\C=C/CCCCCC(=O)OC(COC(=O)CCCCCCCCCCCCCCCCC)COC(=O)CCCCCCCCCCCCCCCCCCCC. The molecule has 0 saturated carbocycles. The Kier molecular flexibility index (Phi) is 53.8. The molecule has 0 radical (unpaired) electrons. The van der Waals surface area contributed by atoms with Crippen molar-refractivity contribution in [3.05, 3.63) is 72.9 Å². The smallest absolute Gasteiger partial charge is 0.306 e. The van der Waals surface area contributed by atoms with Crippen LogP contribution < -0.4 is 0 Å². The lowest BCUT2D eigenvalue weighted by Gasteiger charge is -2.18. The third-order valence-corrected chi connectivity index (χ3v) is 12.6. The highest BCUT2D eigenvalue weighted by molar-refractivity contribution is 5.71. The first kappa shape index (κ1) is 64.8. The number of carbonyl (C=O) groups excluding carboxylic acids is 3. The summed E-state index contributed by atoms with van der Waals surface area (Å²) in [6.45, 7) is 6.49. The summed E-state index contributed by atoms with van der Waals surface area (Å²) in [6, 6.07) is 0. The summed E-state index contributed by atoms with van der Waals surface area (Å²) in [6.07, 6.45) is 71.8. The van der Waals surface area contributed by atoms with Crippen LogP contribution in [0.25, 0.3) is 0 Å². The molecule has 0 aliphatic heterocycles. The molecule has 0 heterocycles. The second-order valence-corrected chi connectivity index (χ2v) is 19.3. The van der Waals surface area contributed by atoms with Crippen molar-refractivity contribution in [2.45, 2.75) is 290 Å². The first-order chi connectivity index (χ1) is 33.5. The molecule has 0 N–H and O–H groups in total. The normalized spacial score (nSPS) is 12.6. The van der Waals surface area contributed by atoms with E-state index < -0.39 is 6.10 Å². The molecule has 0 aliphatic carbocycles. The fourth-order valence-electron chi connectivity index (χ4n) is 8.30. The van der Waals surface area contributed by atoms with Crippen molar-refractivity contribution in [1.29, 1.82) is 0 Å². The van der Waals surface area contributed by atoms with E-state index in [2.05, 4.69) is 32.9 Å². The lowest BCUT2D eigenvalue weighted by atomic mass is 10.0. The molecule has 0 bridgehead atoms. The van der Waals surface area contributed by atoms with Gasteiger partial charge in [0.25, 0.3) is 0 Å². The molecule has 0 rings (SSSR count). The highest BCUT2D eigenvalue weighted by atomic mass is 16.6. The standard InChI is InChI=1S/C62H108O6/c1-4-7-10-13-16-19-22-25-28-30-32-34-37-40-43-46-49-52-55-61(64)67-58-59(57-66-60(63)54-51-48-45-42-39-36-33-27-24-21-18-15-12-9-6-3)68-62(65)56-53-50-47-44-41-38-35-31-29-26-23-20-17-14-11-8-5-2/h8,11,14,17,20,23,26,29,31,35,38,41,59H,4-7,9-10,12-13,15-16,18-19,21-22,24-25,27-28,30,32-34,36-37,39-40,42-58H2,1-3H3/b11-8-,17-14-,23-20-,29-26-,35-31+,41-38-. The molecule has 0 amide bonds. The van der Waals surface area contributed by atoms with Crippen LogP contribution in [0.4, 0.5) is 0 Å². The third kappa shape index (κ3) is 53.8. The molecular weight excluding hydrogens is 841 g/mol. The lowest BCUT2D eigenvalue weighted by Crippen LogP contribution is -2.30. The Bertz CT molecular complexity index is 1270. The zero-order valence-electron chi connectivity index (χ0n) is 44.9. The van der Waals surface area contributed by atoms with E-state index in [0.717, 1.165) is 64.2 Å². The Hall–Kier alpha value is -3.15. The predicted octanol–water partition coefficient (Wildman–Crippen LogP) is 19.4. The fraction of sp³-hybridized carbons (Fsp3) is 0.758. The number of hydrogen-bond acceptors (Lipinski definition) is 6. The summed E-state index contributed by atoms with van der Waals surface area (Å²) in [5.41, 5.74) is 0. The highest BCUT2D eigenvalue weighted by Gasteiger charge is 2.19. The van der Waals surface area contributed by atoms with Crippen molar-refractivity contribution in [1.82, 2.24) is 0 Å². The highest BCUT2D eigenvalue weighted by Crippen LogP contribution is 2.17. The van der Waals surface area contributed by atoms with E-state index in [0.29, 0.717) is 19.3 Å². The van der Waals surface area contributed by atoms with E-state index in [1.165, 1.54) is 173 Å². The summed E-state index contributed by atoms with van der Waals surface area (Å²) in [5.74, 6) is -0.920. The third-order valence-electron chi connectivity index (χ3n) is 12.6. The van der Waals surface area contributed by atoms with Gasteiger partial charge in [-0.15, -0.1) is 0 Å². The maximum atomic E-state index is 12.8. The van der Waals surface area contributed by atoms with Crippen molar-refractivity contribution >= 4 is 17.9 Å². The van der Waals surface area contributed by atoms with Gasteiger partial charge in [0.1, 0.15) is 13.2 Å². The van der Waals surface area contributed by atoms with Gasteiger partial charge in [0.2, 0.25) is 0 Å². The second kappa shape index (κ2) is 56.4. The Morgan fingerprint density at radius 3 is 0.897 bits per heavy atom. The molecule has 392 valence electrons. The van der Waals surface area contributed by atoms with Crippen LogP contribution in [0, 0.1) is 0 Å². The summed E-state index contributed by atoms with van der Waals surface area (Å²) < 4.78 is 16.8. The molecule has 0 aliphatic rings. The Morgan fingerprint density at radius 1 is 0.309 bits per heavy atom. The second-order valence-electron chi connectivity index (χ2n) is 19.3. The summed E-state index contributed by atoms with van der Waals surface area (Å²) in [4.78, 5) is 38.2. The summed E-state index contributed by atoms with van der Waals surface area (Å²) in [7, 11) is 0. The van der Waals surface area contributed by atoms with Crippen molar-refractivity contribution < 1.29 is 28.6 Å². The Morgan fingerprint density at radius 2 is 0.574 bits per heavy atom. The molecule has 1 unspecified atom stereocenters. The Balaban J connectivity index is 4.43. The van der Waals surface area contributed by atoms with Crippen LogP contribution in [0.3, 0.4) is 0 Å². The molecule has 1 atom stereocenters. The van der Waals surface area contributed by atoms with E-state index in [9.17, 15) is 14.4 Å². The van der Waals surface area contributed by atoms with Gasteiger partial charge in [-0.3, -0.25) is 14.4 Å². The number of hydrogen-bond donors (Lipinski definition) is 0. The summed E-state index contributed by atoms with van der Waals surface area (Å²) >= 11 is 0. The van der Waals surface area contributed by atoms with Crippen LogP contribution in [0.5, 0.6) is 0 Å². The van der Waals surface area contributed by atoms with Gasteiger partial charge in [-0.1, -0.05) is 299 Å². The van der Waals surface area contributed by atoms with Gasteiger partial charge in [-0.05, 0) is 38.5 Å². The zero-order chi connectivity index (χ0) is 49.3.